The van der Waals surface area contributed by atoms with Gasteiger partial charge in [-0.05, 0) is 36.4 Å². The Balaban J connectivity index is 2.41. The van der Waals surface area contributed by atoms with Crippen molar-refractivity contribution in [2.75, 3.05) is 32.1 Å². The molecule has 0 aromatic carbocycles. The summed E-state index contributed by atoms with van der Waals surface area (Å²) in [5, 5.41) is 21.1. The number of hydrogen-bond acceptors (Lipinski definition) is 6. The molecule has 7 nitrogen and oxygen atoms in total. The molecule has 1 N–H and O–H groups in total. The van der Waals surface area contributed by atoms with Gasteiger partial charge in [-0.3, -0.25) is 15.1 Å². The van der Waals surface area contributed by atoms with Crippen LogP contribution < -0.4 is 4.90 Å². The van der Waals surface area contributed by atoms with Crippen molar-refractivity contribution in [3.8, 4) is 0 Å². The number of pyridine rings is 1. The fourth-order valence-electron chi connectivity index (χ4n) is 2.60. The van der Waals surface area contributed by atoms with Crippen molar-refractivity contribution in [2.45, 2.75) is 18.6 Å². The molecule has 2 atom stereocenters. The first-order valence-corrected chi connectivity index (χ1v) is 7.06. The molecule has 0 spiro atoms. The minimum Gasteiger partial charge on any atom is -0.391 e. The zero-order valence-electron chi connectivity index (χ0n) is 11.4. The maximum atomic E-state index is 11.2. The van der Waals surface area contributed by atoms with Crippen molar-refractivity contribution in [3.05, 3.63) is 27.0 Å². The summed E-state index contributed by atoms with van der Waals surface area (Å²) >= 11 is 3.34. The highest BCUT2D eigenvalue weighted by atomic mass is 79.9. The third-order valence-electron chi connectivity index (χ3n) is 3.31. The van der Waals surface area contributed by atoms with Crippen LogP contribution in [0.25, 0.3) is 0 Å². The molecule has 2 heterocycles. The maximum Gasteiger partial charge on any atom is 0.311 e. The molecule has 1 aliphatic rings. The molecule has 2 rings (SSSR count). The molecule has 20 heavy (non-hydrogen) atoms. The van der Waals surface area contributed by atoms with Gasteiger partial charge in [-0.15, -0.1) is 0 Å². The lowest BCUT2D eigenvalue weighted by Crippen LogP contribution is -2.38. The molecule has 0 amide bonds. The number of nitrogens with zero attached hydrogens (tertiary/aromatic N) is 4. The summed E-state index contributed by atoms with van der Waals surface area (Å²) in [5.74, 6) is 0. The first-order chi connectivity index (χ1) is 9.40. The quantitative estimate of drug-likeness (QED) is 0.653. The van der Waals surface area contributed by atoms with Crippen LogP contribution in [-0.2, 0) is 0 Å². The van der Waals surface area contributed by atoms with Crippen LogP contribution in [0.1, 0.15) is 6.42 Å². The molecule has 0 bridgehead atoms. The first-order valence-electron chi connectivity index (χ1n) is 6.27. The lowest BCUT2D eigenvalue weighted by molar-refractivity contribution is -0.384. The fraction of sp³-hybridized carbons (Fsp3) is 0.583. The number of β-amino-alcohol motifs (C(OH)–C–C–N with tert-alkyl or cyclic N) is 1. The van der Waals surface area contributed by atoms with Crippen LogP contribution >= 0.6 is 15.9 Å². The van der Waals surface area contributed by atoms with Gasteiger partial charge >= 0.3 is 5.69 Å². The number of halogens is 1. The lowest BCUT2D eigenvalue weighted by Gasteiger charge is -2.28. The van der Waals surface area contributed by atoms with Gasteiger partial charge in [0.2, 0.25) is 0 Å². The number of aromatic nitrogens is 1. The summed E-state index contributed by atoms with van der Waals surface area (Å²) in [7, 11) is 3.89. The Morgan fingerprint density at radius 2 is 2.30 bits per heavy atom. The highest BCUT2D eigenvalue weighted by Gasteiger charge is 2.36. The van der Waals surface area contributed by atoms with E-state index in [1.807, 2.05) is 23.9 Å². The van der Waals surface area contributed by atoms with Crippen molar-refractivity contribution in [1.82, 2.24) is 9.88 Å². The summed E-state index contributed by atoms with van der Waals surface area (Å²) < 4.78 is 0.574. The van der Waals surface area contributed by atoms with Crippen LogP contribution in [0.4, 0.5) is 11.4 Å². The van der Waals surface area contributed by atoms with Gasteiger partial charge in [0.25, 0.3) is 0 Å². The van der Waals surface area contributed by atoms with Crippen LogP contribution in [-0.4, -0.2) is 59.2 Å². The molecule has 1 fully saturated rings. The van der Waals surface area contributed by atoms with Gasteiger partial charge in [0, 0.05) is 25.3 Å². The molecule has 8 heteroatoms. The average molecular weight is 345 g/mol. The smallest absolute Gasteiger partial charge is 0.311 e. The topological polar surface area (TPSA) is 82.7 Å². The van der Waals surface area contributed by atoms with Crippen LogP contribution in [0.5, 0.6) is 0 Å². The van der Waals surface area contributed by atoms with Gasteiger partial charge in [-0.2, -0.15) is 0 Å². The summed E-state index contributed by atoms with van der Waals surface area (Å²) in [6.45, 7) is 1.12. The van der Waals surface area contributed by atoms with Gasteiger partial charge in [-0.25, -0.2) is 0 Å². The van der Waals surface area contributed by atoms with Gasteiger partial charge in [-0.1, -0.05) is 0 Å². The molecule has 0 saturated carbocycles. The summed E-state index contributed by atoms with van der Waals surface area (Å²) in [4.78, 5) is 18.5. The number of likely N-dealkylation sites (N-methyl/N-ethyl adjacent to an activating group) is 1. The first kappa shape index (κ1) is 15.1. The number of nitro groups is 1. The van der Waals surface area contributed by atoms with Crippen LogP contribution in [0, 0.1) is 10.1 Å². The van der Waals surface area contributed by atoms with Crippen molar-refractivity contribution in [1.29, 1.82) is 0 Å². The van der Waals surface area contributed by atoms with E-state index in [0.717, 1.165) is 6.54 Å². The Morgan fingerprint density at radius 1 is 1.60 bits per heavy atom. The molecular weight excluding hydrogens is 328 g/mol. The van der Waals surface area contributed by atoms with Gasteiger partial charge in [0.05, 0.1) is 15.5 Å². The van der Waals surface area contributed by atoms with Crippen molar-refractivity contribution < 1.29 is 10.0 Å². The van der Waals surface area contributed by atoms with E-state index in [4.69, 9.17) is 0 Å². The van der Waals surface area contributed by atoms with Gasteiger partial charge in [0.1, 0.15) is 11.9 Å². The Hall–Kier alpha value is -1.25. The molecule has 1 saturated heterocycles. The van der Waals surface area contributed by atoms with E-state index in [2.05, 4.69) is 20.9 Å². The van der Waals surface area contributed by atoms with Crippen molar-refractivity contribution >= 4 is 27.3 Å². The molecule has 2 unspecified atom stereocenters. The number of rotatable bonds is 4. The highest BCUT2D eigenvalue weighted by molar-refractivity contribution is 9.10. The zero-order chi connectivity index (χ0) is 14.9. The van der Waals surface area contributed by atoms with E-state index in [0.29, 0.717) is 23.1 Å². The van der Waals surface area contributed by atoms with E-state index in [-0.39, 0.29) is 11.7 Å². The summed E-state index contributed by atoms with van der Waals surface area (Å²) in [6.07, 6.45) is 2.92. The second-order valence-corrected chi connectivity index (χ2v) is 6.06. The second-order valence-electron chi connectivity index (χ2n) is 5.20. The zero-order valence-corrected chi connectivity index (χ0v) is 12.9. The molecule has 0 radical (unpaired) electrons. The lowest BCUT2D eigenvalue weighted by atomic mass is 10.2. The molecule has 0 aliphatic carbocycles. The molecule has 110 valence electrons. The largest absolute Gasteiger partial charge is 0.391 e. The predicted octanol–water partition coefficient (Wildman–Crippen LogP) is 1.25. The average Bonchev–Trinajstić information content (AvgIpc) is 2.68. The minimum absolute atomic E-state index is 0.0393. The SMILES string of the molecule is CN(C)CC1CC(O)CN1c1c(Br)cncc1[N+](=O)[O-]. The summed E-state index contributed by atoms with van der Waals surface area (Å²) in [6, 6.07) is 0.0393. The van der Waals surface area contributed by atoms with E-state index >= 15 is 0 Å². The Bertz CT molecular complexity index is 511. The third-order valence-corrected chi connectivity index (χ3v) is 3.89. The van der Waals surface area contributed by atoms with E-state index in [1.165, 1.54) is 6.20 Å². The molecular formula is C12H17BrN4O3. The maximum absolute atomic E-state index is 11.2. The Morgan fingerprint density at radius 3 is 2.90 bits per heavy atom. The highest BCUT2D eigenvalue weighted by Crippen LogP contribution is 2.38. The Kier molecular flexibility index (Phi) is 4.56. The standard InChI is InChI=1S/C12H17BrN4O3/c1-15(2)6-8-3-9(18)7-16(8)12-10(13)4-14-5-11(12)17(19)20/h4-5,8-9,18H,3,6-7H2,1-2H3. The van der Waals surface area contributed by atoms with Crippen molar-refractivity contribution in [2.24, 2.45) is 0 Å². The number of anilines is 1. The monoisotopic (exact) mass is 344 g/mol. The predicted molar refractivity (Wildman–Crippen MR) is 78.9 cm³/mol. The third kappa shape index (κ3) is 3.08. The van der Waals surface area contributed by atoms with Gasteiger partial charge < -0.3 is 14.9 Å². The minimum atomic E-state index is -0.473. The van der Waals surface area contributed by atoms with E-state index in [9.17, 15) is 15.2 Å². The molecule has 1 aromatic heterocycles. The van der Waals surface area contributed by atoms with E-state index in [1.54, 1.807) is 6.20 Å². The van der Waals surface area contributed by atoms with Crippen LogP contribution in [0.2, 0.25) is 0 Å². The summed E-state index contributed by atoms with van der Waals surface area (Å²) in [5.41, 5.74) is 0.450. The Labute approximate surface area is 125 Å². The normalized spacial score (nSPS) is 22.6. The fourth-order valence-corrected chi connectivity index (χ4v) is 3.15. The second kappa shape index (κ2) is 6.02. The molecule has 1 aliphatic heterocycles. The molecule has 1 aromatic rings. The van der Waals surface area contributed by atoms with Gasteiger partial charge in [0.15, 0.2) is 0 Å². The van der Waals surface area contributed by atoms with Crippen LogP contribution in [0.15, 0.2) is 16.9 Å². The van der Waals surface area contributed by atoms with Crippen molar-refractivity contribution in [3.63, 3.8) is 0 Å². The van der Waals surface area contributed by atoms with E-state index < -0.39 is 11.0 Å². The number of hydrogen-bond donors (Lipinski definition) is 1. The number of aliphatic hydroxyl groups excluding tert-OH is 1. The number of aliphatic hydroxyl groups is 1. The van der Waals surface area contributed by atoms with Crippen LogP contribution in [0.3, 0.4) is 0 Å².